The summed E-state index contributed by atoms with van der Waals surface area (Å²) in [6.07, 6.45) is 6.02. The Balaban J connectivity index is 1.98. The Bertz CT molecular complexity index is 513. The molecule has 1 aromatic carbocycles. The molecule has 1 N–H and O–H groups in total. The van der Waals surface area contributed by atoms with Gasteiger partial charge in [0, 0.05) is 18.7 Å². The van der Waals surface area contributed by atoms with Crippen LogP contribution in [0.1, 0.15) is 56.9 Å². The summed E-state index contributed by atoms with van der Waals surface area (Å²) in [6, 6.07) is 7.33. The standard InChI is InChI=1S/C17H23NO3/c1-2-3-4-5-6-11-16(19)18-12-14(17(20)21)13-9-7-8-10-15(13)18/h7-10,14H,2-6,11-12H2,1H3,(H,20,21). The van der Waals surface area contributed by atoms with Crippen LogP contribution in [0.15, 0.2) is 24.3 Å². The minimum absolute atomic E-state index is 0.0442. The van der Waals surface area contributed by atoms with Gasteiger partial charge >= 0.3 is 5.97 Å². The Morgan fingerprint density at radius 3 is 2.62 bits per heavy atom. The van der Waals surface area contributed by atoms with Gasteiger partial charge in [-0.1, -0.05) is 50.8 Å². The predicted molar refractivity (Wildman–Crippen MR) is 82.5 cm³/mol. The highest BCUT2D eigenvalue weighted by Gasteiger charge is 2.35. The SMILES string of the molecule is CCCCCCCC(=O)N1CC(C(=O)O)c2ccccc21. The predicted octanol–water partition coefficient (Wildman–Crippen LogP) is 3.56. The van der Waals surface area contributed by atoms with Gasteiger partial charge in [0.15, 0.2) is 0 Å². The van der Waals surface area contributed by atoms with E-state index in [0.29, 0.717) is 6.42 Å². The number of para-hydroxylation sites is 1. The fourth-order valence-corrected chi connectivity index (χ4v) is 2.87. The number of anilines is 1. The lowest BCUT2D eigenvalue weighted by Crippen LogP contribution is -2.31. The van der Waals surface area contributed by atoms with Gasteiger partial charge in [-0.3, -0.25) is 9.59 Å². The second-order valence-electron chi connectivity index (χ2n) is 5.62. The number of amides is 1. The number of carbonyl (C=O) groups is 2. The summed E-state index contributed by atoms with van der Waals surface area (Å²) in [5.74, 6) is -1.41. The molecule has 1 amide bonds. The van der Waals surface area contributed by atoms with E-state index in [1.54, 1.807) is 4.90 Å². The number of hydrogen-bond acceptors (Lipinski definition) is 2. The van der Waals surface area contributed by atoms with Gasteiger partial charge in [0.05, 0.1) is 0 Å². The summed E-state index contributed by atoms with van der Waals surface area (Å²) >= 11 is 0. The molecule has 0 aromatic heterocycles. The Morgan fingerprint density at radius 2 is 1.90 bits per heavy atom. The fraction of sp³-hybridized carbons (Fsp3) is 0.529. The van der Waals surface area contributed by atoms with Crippen molar-refractivity contribution in [1.29, 1.82) is 0 Å². The van der Waals surface area contributed by atoms with E-state index in [1.807, 2.05) is 24.3 Å². The lowest BCUT2D eigenvalue weighted by atomic mass is 10.0. The lowest BCUT2D eigenvalue weighted by Gasteiger charge is -2.17. The Hall–Kier alpha value is -1.84. The molecule has 1 aromatic rings. The van der Waals surface area contributed by atoms with E-state index in [4.69, 9.17) is 0 Å². The molecule has 114 valence electrons. The average molecular weight is 289 g/mol. The van der Waals surface area contributed by atoms with Crippen LogP contribution in [0, 0.1) is 0 Å². The molecule has 0 bridgehead atoms. The molecule has 0 saturated carbocycles. The topological polar surface area (TPSA) is 57.6 Å². The second-order valence-corrected chi connectivity index (χ2v) is 5.62. The molecule has 4 heteroatoms. The number of aliphatic carboxylic acids is 1. The molecule has 0 saturated heterocycles. The monoisotopic (exact) mass is 289 g/mol. The van der Waals surface area contributed by atoms with Crippen LogP contribution in [0.2, 0.25) is 0 Å². The first-order valence-corrected chi connectivity index (χ1v) is 7.77. The van der Waals surface area contributed by atoms with Gasteiger partial charge in [0.2, 0.25) is 5.91 Å². The number of benzene rings is 1. The minimum atomic E-state index is -0.860. The maximum Gasteiger partial charge on any atom is 0.312 e. The van der Waals surface area contributed by atoms with Crippen LogP contribution in [0.4, 0.5) is 5.69 Å². The zero-order valence-corrected chi connectivity index (χ0v) is 12.5. The third-order valence-electron chi connectivity index (χ3n) is 4.06. The number of unbranched alkanes of at least 4 members (excludes halogenated alkanes) is 4. The quantitative estimate of drug-likeness (QED) is 0.781. The normalized spacial score (nSPS) is 16.8. The van der Waals surface area contributed by atoms with E-state index in [1.165, 1.54) is 12.8 Å². The molecule has 0 fully saturated rings. The number of hydrogen-bond donors (Lipinski definition) is 1. The van der Waals surface area contributed by atoms with Crippen molar-refractivity contribution < 1.29 is 14.7 Å². The number of carboxylic acids is 1. The second kappa shape index (κ2) is 7.25. The highest BCUT2D eigenvalue weighted by Crippen LogP contribution is 2.36. The molecule has 21 heavy (non-hydrogen) atoms. The average Bonchev–Trinajstić information content (AvgIpc) is 2.87. The zero-order valence-electron chi connectivity index (χ0n) is 12.5. The first-order chi connectivity index (χ1) is 10.1. The molecule has 2 rings (SSSR count). The number of carbonyl (C=O) groups excluding carboxylic acids is 1. The maximum atomic E-state index is 12.3. The van der Waals surface area contributed by atoms with Gasteiger partial charge in [-0.25, -0.2) is 0 Å². The maximum absolute atomic E-state index is 12.3. The van der Waals surface area contributed by atoms with Crippen molar-refractivity contribution in [2.45, 2.75) is 51.4 Å². The van der Waals surface area contributed by atoms with Crippen molar-refractivity contribution in [3.63, 3.8) is 0 Å². The van der Waals surface area contributed by atoms with E-state index in [9.17, 15) is 14.7 Å². The number of rotatable bonds is 7. The van der Waals surface area contributed by atoms with Crippen LogP contribution in [-0.4, -0.2) is 23.5 Å². The van der Waals surface area contributed by atoms with Crippen LogP contribution >= 0.6 is 0 Å². The summed E-state index contributed by atoms with van der Waals surface area (Å²) in [7, 11) is 0. The minimum Gasteiger partial charge on any atom is -0.481 e. The van der Waals surface area contributed by atoms with Gasteiger partial charge in [-0.05, 0) is 18.1 Å². The van der Waals surface area contributed by atoms with Crippen LogP contribution < -0.4 is 4.90 Å². The third kappa shape index (κ3) is 3.63. The van der Waals surface area contributed by atoms with Crippen LogP contribution in [0.5, 0.6) is 0 Å². The van der Waals surface area contributed by atoms with Gasteiger partial charge in [0.1, 0.15) is 5.92 Å². The van der Waals surface area contributed by atoms with Gasteiger partial charge in [-0.2, -0.15) is 0 Å². The molecule has 1 unspecified atom stereocenters. The third-order valence-corrected chi connectivity index (χ3v) is 4.06. The molecule has 0 radical (unpaired) electrons. The fourth-order valence-electron chi connectivity index (χ4n) is 2.87. The number of nitrogens with zero attached hydrogens (tertiary/aromatic N) is 1. The molecule has 0 aliphatic carbocycles. The van der Waals surface area contributed by atoms with E-state index < -0.39 is 11.9 Å². The summed E-state index contributed by atoms with van der Waals surface area (Å²) in [5.41, 5.74) is 1.52. The van der Waals surface area contributed by atoms with Crippen molar-refractivity contribution in [3.05, 3.63) is 29.8 Å². The molecule has 1 heterocycles. The van der Waals surface area contributed by atoms with E-state index >= 15 is 0 Å². The van der Waals surface area contributed by atoms with Crippen LogP contribution in [0.3, 0.4) is 0 Å². The number of carboxylic acid groups (broad SMARTS) is 1. The Morgan fingerprint density at radius 1 is 1.19 bits per heavy atom. The van der Waals surface area contributed by atoms with Crippen molar-refractivity contribution in [3.8, 4) is 0 Å². The summed E-state index contributed by atoms with van der Waals surface area (Å²) in [5, 5.41) is 9.29. The highest BCUT2D eigenvalue weighted by molar-refractivity contribution is 5.98. The summed E-state index contributed by atoms with van der Waals surface area (Å²) < 4.78 is 0. The van der Waals surface area contributed by atoms with E-state index in [0.717, 1.165) is 30.5 Å². The van der Waals surface area contributed by atoms with E-state index in [-0.39, 0.29) is 12.5 Å². The molecule has 1 atom stereocenters. The first-order valence-electron chi connectivity index (χ1n) is 7.77. The molecular weight excluding hydrogens is 266 g/mol. The molecular formula is C17H23NO3. The van der Waals surface area contributed by atoms with Crippen molar-refractivity contribution in [2.75, 3.05) is 11.4 Å². The smallest absolute Gasteiger partial charge is 0.312 e. The van der Waals surface area contributed by atoms with Gasteiger partial charge in [-0.15, -0.1) is 0 Å². The molecule has 1 aliphatic heterocycles. The van der Waals surface area contributed by atoms with Crippen molar-refractivity contribution in [2.24, 2.45) is 0 Å². The van der Waals surface area contributed by atoms with Gasteiger partial charge in [0.25, 0.3) is 0 Å². The molecule has 4 nitrogen and oxygen atoms in total. The molecule has 1 aliphatic rings. The largest absolute Gasteiger partial charge is 0.481 e. The van der Waals surface area contributed by atoms with E-state index in [2.05, 4.69) is 6.92 Å². The summed E-state index contributed by atoms with van der Waals surface area (Å²) in [4.78, 5) is 25.3. The zero-order chi connectivity index (χ0) is 15.2. The van der Waals surface area contributed by atoms with Crippen LogP contribution in [-0.2, 0) is 9.59 Å². The first kappa shape index (κ1) is 15.5. The summed E-state index contributed by atoms with van der Waals surface area (Å²) in [6.45, 7) is 2.43. The Kier molecular flexibility index (Phi) is 5.37. The van der Waals surface area contributed by atoms with Crippen LogP contribution in [0.25, 0.3) is 0 Å². The van der Waals surface area contributed by atoms with Crippen molar-refractivity contribution in [1.82, 2.24) is 0 Å². The lowest BCUT2D eigenvalue weighted by molar-refractivity contribution is -0.138. The Labute approximate surface area is 125 Å². The number of fused-ring (bicyclic) bond motifs is 1. The highest BCUT2D eigenvalue weighted by atomic mass is 16.4. The van der Waals surface area contributed by atoms with Gasteiger partial charge < -0.3 is 10.0 Å². The molecule has 0 spiro atoms. The van der Waals surface area contributed by atoms with Crippen molar-refractivity contribution >= 4 is 17.6 Å².